The van der Waals surface area contributed by atoms with Crippen molar-refractivity contribution in [2.75, 3.05) is 5.06 Å². The number of hydroxylamine groups is 3. The van der Waals surface area contributed by atoms with Crippen molar-refractivity contribution >= 4 is 23.3 Å². The molecule has 1 heterocycles. The van der Waals surface area contributed by atoms with Gasteiger partial charge >= 0.3 is 11.9 Å². The number of benzene rings is 1. The molecule has 30 heavy (non-hydrogen) atoms. The lowest BCUT2D eigenvalue weighted by molar-refractivity contribution is -0.277. The van der Waals surface area contributed by atoms with Gasteiger partial charge in [0.1, 0.15) is 17.1 Å². The highest BCUT2D eigenvalue weighted by Crippen LogP contribution is 2.53. The predicted octanol–water partition coefficient (Wildman–Crippen LogP) is 4.18. The van der Waals surface area contributed by atoms with Crippen molar-refractivity contribution in [3.63, 3.8) is 0 Å². The molecule has 2 aliphatic carbocycles. The molecular formula is C22H30N2O6+. The van der Waals surface area contributed by atoms with Crippen LogP contribution in [0, 0.1) is 18.8 Å². The van der Waals surface area contributed by atoms with Gasteiger partial charge in [-0.25, -0.2) is 0 Å². The fourth-order valence-corrected chi connectivity index (χ4v) is 5.14. The fraction of sp³-hybridized carbons (Fsp3) is 0.591. The lowest BCUT2D eigenvalue weighted by atomic mass is 10.0. The Morgan fingerprint density at radius 3 is 2.43 bits per heavy atom. The molecule has 163 valence electrons. The van der Waals surface area contributed by atoms with E-state index in [4.69, 9.17) is 9.47 Å². The van der Waals surface area contributed by atoms with E-state index in [0.717, 1.165) is 5.06 Å². The molecule has 1 radical (unpaired) electrons. The summed E-state index contributed by atoms with van der Waals surface area (Å²) in [5.74, 6) is -1.14. The molecule has 4 rings (SSSR count). The standard InChI is InChI=1S/C22H30N2O6/c1-5-22(29-17-12-14-10-16(25)11-15(14)13-17)23(27)18-8-6-7-9-19(18)24(22,28)20(26)30-21(2,3)4/h6-9,14-15,17,27-28H,1,5,10-13H2,2-4H3/q+1/t14-,15?,17+,22?,24?/m0/s1. The van der Waals surface area contributed by atoms with Crippen molar-refractivity contribution in [3.05, 3.63) is 31.2 Å². The van der Waals surface area contributed by atoms with E-state index in [1.165, 1.54) is 0 Å². The summed E-state index contributed by atoms with van der Waals surface area (Å²) >= 11 is 0. The van der Waals surface area contributed by atoms with Crippen LogP contribution in [-0.2, 0) is 14.3 Å². The molecule has 2 N–H and O–H groups in total. The van der Waals surface area contributed by atoms with Crippen molar-refractivity contribution < 1.29 is 29.5 Å². The van der Waals surface area contributed by atoms with Gasteiger partial charge in [0.05, 0.1) is 12.5 Å². The molecule has 2 saturated carbocycles. The summed E-state index contributed by atoms with van der Waals surface area (Å²) in [5.41, 5.74) is -0.449. The second-order valence-corrected chi connectivity index (χ2v) is 9.59. The molecule has 0 bridgehead atoms. The summed E-state index contributed by atoms with van der Waals surface area (Å²) in [6.45, 7) is 9.03. The summed E-state index contributed by atoms with van der Waals surface area (Å²) in [6.07, 6.45) is 0.938. The number of ether oxygens (including phenoxy) is 2. The van der Waals surface area contributed by atoms with E-state index in [9.17, 15) is 20.0 Å². The molecule has 2 fully saturated rings. The second-order valence-electron chi connectivity index (χ2n) is 9.59. The van der Waals surface area contributed by atoms with Crippen LogP contribution in [0.5, 0.6) is 0 Å². The highest BCUT2D eigenvalue weighted by atomic mass is 16.7. The zero-order chi connectivity index (χ0) is 21.9. The van der Waals surface area contributed by atoms with Crippen molar-refractivity contribution in [2.45, 2.75) is 70.4 Å². The van der Waals surface area contributed by atoms with Crippen molar-refractivity contribution in [1.82, 2.24) is 4.65 Å². The number of hydrogen-bond acceptors (Lipinski definition) is 7. The smallest absolute Gasteiger partial charge is 0.412 e. The van der Waals surface area contributed by atoms with Gasteiger partial charge in [-0.05, 0) is 58.4 Å². The topological polar surface area (TPSA) is 96.3 Å². The highest BCUT2D eigenvalue weighted by molar-refractivity contribution is 5.90. The third kappa shape index (κ3) is 3.05. The van der Waals surface area contributed by atoms with Crippen LogP contribution >= 0.6 is 0 Å². The van der Waals surface area contributed by atoms with E-state index in [0.29, 0.717) is 25.7 Å². The Bertz CT molecular complexity index is 851. The molecule has 1 aromatic carbocycles. The lowest BCUT2D eigenvalue weighted by Gasteiger charge is -2.41. The molecular weight excluding hydrogens is 388 g/mol. The Morgan fingerprint density at radius 2 is 1.87 bits per heavy atom. The van der Waals surface area contributed by atoms with Crippen LogP contribution in [0.2, 0.25) is 0 Å². The molecule has 3 unspecified atom stereocenters. The summed E-state index contributed by atoms with van der Waals surface area (Å²) in [4.78, 5) is 25.0. The number of carbonyl (C=O) groups excluding carboxylic acids is 2. The van der Waals surface area contributed by atoms with Crippen LogP contribution in [-0.4, -0.2) is 39.8 Å². The first-order chi connectivity index (χ1) is 14.0. The minimum absolute atomic E-state index is 0.126. The van der Waals surface area contributed by atoms with Gasteiger partial charge in [-0.15, -0.1) is 0 Å². The van der Waals surface area contributed by atoms with Crippen molar-refractivity contribution in [1.29, 1.82) is 0 Å². The maximum Gasteiger partial charge on any atom is 0.559 e. The number of fused-ring (bicyclic) bond motifs is 2. The van der Waals surface area contributed by atoms with E-state index < -0.39 is 22.2 Å². The van der Waals surface area contributed by atoms with Gasteiger partial charge in [0.15, 0.2) is 0 Å². The van der Waals surface area contributed by atoms with E-state index in [1.54, 1.807) is 45.0 Å². The van der Waals surface area contributed by atoms with Gasteiger partial charge in [0.25, 0.3) is 0 Å². The van der Waals surface area contributed by atoms with Gasteiger partial charge in [-0.3, -0.25) is 10.0 Å². The average molecular weight is 418 g/mol. The molecule has 8 heteroatoms. The summed E-state index contributed by atoms with van der Waals surface area (Å²) in [5, 5.41) is 23.7. The van der Waals surface area contributed by atoms with E-state index in [2.05, 4.69) is 6.92 Å². The number of ketones is 1. The first kappa shape index (κ1) is 21.2. The van der Waals surface area contributed by atoms with Gasteiger partial charge in [0.2, 0.25) is 5.69 Å². The molecule has 1 aromatic rings. The summed E-state index contributed by atoms with van der Waals surface area (Å²) in [6, 6.07) is 6.54. The largest absolute Gasteiger partial charge is 0.559 e. The van der Waals surface area contributed by atoms with Gasteiger partial charge in [-0.1, -0.05) is 12.1 Å². The highest BCUT2D eigenvalue weighted by Gasteiger charge is 2.72. The number of amides is 1. The zero-order valence-electron chi connectivity index (χ0n) is 17.7. The molecule has 1 amide bonds. The minimum atomic E-state index is -1.89. The average Bonchev–Trinajstić information content (AvgIpc) is 3.24. The fourth-order valence-electron chi connectivity index (χ4n) is 5.14. The molecule has 0 saturated heterocycles. The number of carbonyl (C=O) groups is 2. The molecule has 0 spiro atoms. The van der Waals surface area contributed by atoms with Gasteiger partial charge in [-0.2, -0.15) is 15.1 Å². The van der Waals surface area contributed by atoms with Crippen LogP contribution < -0.4 is 9.71 Å². The lowest BCUT2D eigenvalue weighted by Crippen LogP contribution is -2.72. The Morgan fingerprint density at radius 1 is 1.27 bits per heavy atom. The Hall–Kier alpha value is -2.00. The number of para-hydroxylation sites is 2. The Labute approximate surface area is 176 Å². The number of hydrogen-bond donors (Lipinski definition) is 2. The number of quaternary nitrogens is 1. The van der Waals surface area contributed by atoms with E-state index >= 15 is 0 Å². The maximum absolute atomic E-state index is 13.3. The van der Waals surface area contributed by atoms with Crippen molar-refractivity contribution in [2.24, 2.45) is 11.8 Å². The molecule has 1 aliphatic heterocycles. The predicted molar refractivity (Wildman–Crippen MR) is 109 cm³/mol. The molecule has 8 nitrogen and oxygen atoms in total. The Balaban J connectivity index is 1.72. The first-order valence-electron chi connectivity index (χ1n) is 10.4. The molecule has 0 aromatic heterocycles. The van der Waals surface area contributed by atoms with Crippen LogP contribution in [0.3, 0.4) is 0 Å². The number of nitrogens with zero attached hydrogens (tertiary/aromatic N) is 2. The number of Topliss-reactive ketones (excluding diaryl/α,β-unsaturated/α-hetero) is 1. The zero-order valence-corrected chi connectivity index (χ0v) is 17.7. The number of rotatable bonds is 3. The maximum atomic E-state index is 13.3. The van der Waals surface area contributed by atoms with Crippen LogP contribution in [0.4, 0.5) is 16.2 Å². The van der Waals surface area contributed by atoms with Gasteiger partial charge < -0.3 is 9.47 Å². The van der Waals surface area contributed by atoms with E-state index in [1.807, 2.05) is 0 Å². The summed E-state index contributed by atoms with van der Waals surface area (Å²) < 4.78 is 10.5. The second kappa shape index (κ2) is 7.02. The summed E-state index contributed by atoms with van der Waals surface area (Å²) in [7, 11) is 0. The van der Waals surface area contributed by atoms with Crippen LogP contribution in [0.15, 0.2) is 24.3 Å². The molecule has 3 aliphatic rings. The van der Waals surface area contributed by atoms with Crippen LogP contribution in [0.25, 0.3) is 0 Å². The Kier molecular flexibility index (Phi) is 4.97. The normalized spacial score (nSPS) is 35.5. The van der Waals surface area contributed by atoms with Crippen LogP contribution in [0.1, 0.15) is 52.9 Å². The minimum Gasteiger partial charge on any atom is -0.412 e. The quantitative estimate of drug-likeness (QED) is 0.561. The monoisotopic (exact) mass is 418 g/mol. The third-order valence-electron chi connectivity index (χ3n) is 6.41. The molecule has 5 atom stereocenters. The number of anilines is 1. The first-order valence-corrected chi connectivity index (χ1v) is 10.4. The SMILES string of the molecule is [CH2]CC1(O[C@H]2CC3CC(=O)C[C@H]3C2)N(O)c2ccccc2[N+]1(O)C(=O)OC(C)(C)C. The van der Waals surface area contributed by atoms with Crippen molar-refractivity contribution in [3.8, 4) is 0 Å². The van der Waals surface area contributed by atoms with Gasteiger partial charge in [0, 0.05) is 23.6 Å². The third-order valence-corrected chi connectivity index (χ3v) is 6.41. The van der Waals surface area contributed by atoms with E-state index in [-0.39, 0.29) is 41.5 Å².